The highest BCUT2D eigenvalue weighted by molar-refractivity contribution is 7.99. The molecule has 0 saturated carbocycles. The highest BCUT2D eigenvalue weighted by Gasteiger charge is 2.24. The Morgan fingerprint density at radius 1 is 1.20 bits per heavy atom. The second kappa shape index (κ2) is 11.5. The van der Waals surface area contributed by atoms with E-state index in [9.17, 15) is 9.90 Å². The average Bonchev–Trinajstić information content (AvgIpc) is 3.30. The summed E-state index contributed by atoms with van der Waals surface area (Å²) in [5.41, 5.74) is 5.01. The zero-order valence-electron chi connectivity index (χ0n) is 18.8. The fourth-order valence-corrected chi connectivity index (χ4v) is 4.12. The van der Waals surface area contributed by atoms with Crippen LogP contribution >= 0.6 is 23.4 Å². The zero-order valence-corrected chi connectivity index (χ0v) is 20.4. The van der Waals surface area contributed by atoms with E-state index >= 15 is 0 Å². The molecule has 3 aromatic carbocycles. The first kappa shape index (κ1) is 24.3. The molecule has 3 N–H and O–H groups in total. The molecule has 8 nitrogen and oxygen atoms in total. The summed E-state index contributed by atoms with van der Waals surface area (Å²) in [5, 5.41) is 22.6. The fraction of sp³-hybridized carbons (Fsp3) is 0.120. The van der Waals surface area contributed by atoms with E-state index in [0.29, 0.717) is 28.1 Å². The largest absolute Gasteiger partial charge is 0.504 e. The van der Waals surface area contributed by atoms with Gasteiger partial charge in [0.25, 0.3) is 11.7 Å². The van der Waals surface area contributed by atoms with Crippen LogP contribution in [0.25, 0.3) is 17.1 Å². The molecule has 0 aliphatic rings. The van der Waals surface area contributed by atoms with Gasteiger partial charge in [0, 0.05) is 5.02 Å². The van der Waals surface area contributed by atoms with Gasteiger partial charge in [0.2, 0.25) is 0 Å². The molecule has 0 radical (unpaired) electrons. The minimum absolute atomic E-state index is 0.0492. The maximum Gasteiger partial charge on any atom is 0.342 e. The Kier molecular flexibility index (Phi) is 8.02. The Morgan fingerprint density at radius 2 is 1.97 bits per heavy atom. The van der Waals surface area contributed by atoms with Gasteiger partial charge in [-0.2, -0.15) is 9.67 Å². The van der Waals surface area contributed by atoms with E-state index < -0.39 is 0 Å². The smallest absolute Gasteiger partial charge is 0.342 e. The van der Waals surface area contributed by atoms with Crippen molar-refractivity contribution in [2.75, 3.05) is 12.4 Å². The number of hydrazone groups is 1. The summed E-state index contributed by atoms with van der Waals surface area (Å²) >= 11 is 7.33. The van der Waals surface area contributed by atoms with Crippen molar-refractivity contribution in [3.8, 4) is 28.6 Å². The van der Waals surface area contributed by atoms with Gasteiger partial charge in [0.05, 0.1) is 29.2 Å². The Morgan fingerprint density at radius 3 is 2.71 bits per heavy atom. The lowest BCUT2D eigenvalue weighted by Crippen LogP contribution is -2.34. The first-order valence-corrected chi connectivity index (χ1v) is 12.1. The van der Waals surface area contributed by atoms with Crippen LogP contribution in [0.3, 0.4) is 0 Å². The average molecular weight is 509 g/mol. The summed E-state index contributed by atoms with van der Waals surface area (Å²) in [4.78, 5) is 12.4. The van der Waals surface area contributed by atoms with Gasteiger partial charge in [-0.25, -0.2) is 5.43 Å². The first-order valence-electron chi connectivity index (χ1n) is 10.8. The van der Waals surface area contributed by atoms with Crippen LogP contribution in [0, 0.1) is 0 Å². The molecule has 1 heterocycles. The van der Waals surface area contributed by atoms with Gasteiger partial charge < -0.3 is 9.84 Å². The Balaban J connectivity index is 1.46. The molecule has 0 aliphatic carbocycles. The molecule has 10 heteroatoms. The van der Waals surface area contributed by atoms with Gasteiger partial charge in [-0.15, -0.1) is 5.10 Å². The summed E-state index contributed by atoms with van der Waals surface area (Å²) < 4.78 is 7.31. The highest BCUT2D eigenvalue weighted by Crippen LogP contribution is 2.26. The van der Waals surface area contributed by atoms with Gasteiger partial charge in [-0.1, -0.05) is 29.8 Å². The van der Waals surface area contributed by atoms with E-state index in [4.69, 9.17) is 16.3 Å². The number of phenols is 1. The van der Waals surface area contributed by atoms with Gasteiger partial charge in [-0.3, -0.25) is 4.79 Å². The number of thioether (sulfide) groups is 1. The zero-order chi connectivity index (χ0) is 24.6. The van der Waals surface area contributed by atoms with E-state index in [0.717, 1.165) is 17.1 Å². The van der Waals surface area contributed by atoms with Crippen molar-refractivity contribution < 1.29 is 19.2 Å². The summed E-state index contributed by atoms with van der Waals surface area (Å²) in [6, 6.07) is 22.0. The van der Waals surface area contributed by atoms with Gasteiger partial charge >= 0.3 is 5.16 Å². The number of nitrogens with one attached hydrogen (secondary N) is 2. The molecule has 1 aromatic heterocycles. The summed E-state index contributed by atoms with van der Waals surface area (Å²) in [7, 11) is 0. The lowest BCUT2D eigenvalue weighted by Gasteiger charge is -2.06. The third kappa shape index (κ3) is 6.20. The highest BCUT2D eigenvalue weighted by atomic mass is 35.5. The monoisotopic (exact) mass is 508 g/mol. The fourth-order valence-electron chi connectivity index (χ4n) is 3.23. The van der Waals surface area contributed by atoms with E-state index in [1.807, 2.05) is 66.1 Å². The number of hydrogen-bond donors (Lipinski definition) is 3. The number of aromatic hydroxyl groups is 1. The van der Waals surface area contributed by atoms with Crippen LogP contribution in [0.15, 0.2) is 83.1 Å². The molecule has 0 unspecified atom stereocenters. The first-order chi connectivity index (χ1) is 17.0. The number of halogens is 1. The number of nitrogens with zero attached hydrogens (tertiary/aromatic N) is 3. The topological polar surface area (TPSA) is 103 Å². The standard InChI is InChI=1S/C25H22ClN5O3S/c1-2-34-22-14-17(8-13-21(22)32)15-27-28-23(33)16-35-25-30-29-24(18-9-11-19(26)12-10-18)31(25)20-6-4-3-5-7-20/h3-15H,2,16H2,1H3,(H2,27,28,32,33)/p+1. The number of hydrogen-bond acceptors (Lipinski definition) is 6. The minimum atomic E-state index is -0.286. The minimum Gasteiger partial charge on any atom is -0.504 e. The number of benzene rings is 3. The Labute approximate surface area is 211 Å². The van der Waals surface area contributed by atoms with E-state index in [1.54, 1.807) is 12.1 Å². The molecule has 0 spiro atoms. The molecule has 178 valence electrons. The molecule has 0 atom stereocenters. The third-order valence-corrected chi connectivity index (χ3v) is 6.01. The second-order valence-electron chi connectivity index (χ2n) is 7.27. The van der Waals surface area contributed by atoms with Crippen LogP contribution in [0.1, 0.15) is 12.5 Å². The van der Waals surface area contributed by atoms with Crippen molar-refractivity contribution >= 4 is 35.5 Å². The van der Waals surface area contributed by atoms with Crippen LogP contribution in [-0.4, -0.2) is 39.8 Å². The number of rotatable bonds is 9. The lowest BCUT2D eigenvalue weighted by molar-refractivity contribution is -0.625. The maximum absolute atomic E-state index is 12.4. The molecule has 0 aliphatic heterocycles. The predicted molar refractivity (Wildman–Crippen MR) is 136 cm³/mol. The van der Waals surface area contributed by atoms with E-state index in [2.05, 4.69) is 20.7 Å². The lowest BCUT2D eigenvalue weighted by atomic mass is 10.2. The maximum atomic E-state index is 12.4. The molecule has 4 rings (SSSR count). The number of amides is 1. The SMILES string of the molecule is CCOc1cc(C=NNC(=O)CSc2n[nH]c(-c3ccc(Cl)cc3)[n+]2-c2ccccc2)ccc1O. The van der Waals surface area contributed by atoms with Crippen LogP contribution in [0.4, 0.5) is 0 Å². The van der Waals surface area contributed by atoms with Crippen LogP contribution in [0.2, 0.25) is 5.02 Å². The normalized spacial score (nSPS) is 11.0. The van der Waals surface area contributed by atoms with Gasteiger partial charge in [0.1, 0.15) is 5.69 Å². The molecule has 0 bridgehead atoms. The van der Waals surface area contributed by atoms with Crippen LogP contribution < -0.4 is 14.7 Å². The summed E-state index contributed by atoms with van der Waals surface area (Å²) in [6.07, 6.45) is 1.49. The summed E-state index contributed by atoms with van der Waals surface area (Å²) in [6.45, 7) is 2.26. The quantitative estimate of drug-likeness (QED) is 0.135. The van der Waals surface area contributed by atoms with Gasteiger partial charge in [-0.05, 0) is 78.8 Å². The number of carbonyl (C=O) groups is 1. The summed E-state index contributed by atoms with van der Waals surface area (Å²) in [5.74, 6) is 0.999. The number of H-pyrrole nitrogens is 1. The van der Waals surface area contributed by atoms with E-state index in [1.165, 1.54) is 24.0 Å². The van der Waals surface area contributed by atoms with Gasteiger partial charge in [0.15, 0.2) is 11.5 Å². The van der Waals surface area contributed by atoms with E-state index in [-0.39, 0.29) is 17.4 Å². The predicted octanol–water partition coefficient (Wildman–Crippen LogP) is 4.35. The molecular formula is C25H23ClN5O3S+. The van der Waals surface area contributed by atoms with Crippen LogP contribution in [-0.2, 0) is 4.79 Å². The number of para-hydroxylation sites is 1. The van der Waals surface area contributed by atoms with Crippen molar-refractivity contribution in [3.05, 3.63) is 83.4 Å². The molecule has 35 heavy (non-hydrogen) atoms. The van der Waals surface area contributed by atoms with Crippen molar-refractivity contribution in [1.29, 1.82) is 0 Å². The number of carbonyl (C=O) groups excluding carboxylic acids is 1. The Bertz CT molecular complexity index is 1330. The molecular weight excluding hydrogens is 486 g/mol. The number of phenolic OH excluding ortho intramolecular Hbond substituents is 1. The number of aromatic nitrogens is 3. The molecule has 1 amide bonds. The molecule has 0 saturated heterocycles. The van der Waals surface area contributed by atoms with Crippen molar-refractivity contribution in [1.82, 2.24) is 15.6 Å². The number of aromatic amines is 1. The molecule has 0 fully saturated rings. The van der Waals surface area contributed by atoms with Crippen LogP contribution in [0.5, 0.6) is 11.5 Å². The van der Waals surface area contributed by atoms with Crippen molar-refractivity contribution in [3.63, 3.8) is 0 Å². The second-order valence-corrected chi connectivity index (χ2v) is 8.65. The Hall–Kier alpha value is -3.82. The van der Waals surface area contributed by atoms with Crippen molar-refractivity contribution in [2.45, 2.75) is 12.1 Å². The molecule has 4 aromatic rings. The third-order valence-electron chi connectivity index (χ3n) is 4.82. The number of ether oxygens (including phenoxy) is 1. The van der Waals surface area contributed by atoms with Crippen molar-refractivity contribution in [2.24, 2.45) is 5.10 Å².